The summed E-state index contributed by atoms with van der Waals surface area (Å²) < 4.78 is 88.2. The van der Waals surface area contributed by atoms with Gasteiger partial charge in [-0.25, -0.2) is 17.6 Å². The molecule has 0 radical (unpaired) electrons. The lowest BCUT2D eigenvalue weighted by atomic mass is 9.65. The number of Topliss-reactive ketones (excluding diaryl/α,β-unsaturated/α-hetero) is 2. The third-order valence-electron chi connectivity index (χ3n) is 23.3. The minimum absolute atomic E-state index is 0.0363. The van der Waals surface area contributed by atoms with Crippen molar-refractivity contribution in [3.63, 3.8) is 0 Å². The number of hydrogen-bond acceptors (Lipinski definition) is 12. The minimum Gasteiger partial charge on any atom is -0.293 e. The van der Waals surface area contributed by atoms with Crippen LogP contribution < -0.4 is 0 Å². The highest BCUT2D eigenvalue weighted by atomic mass is 32.1. The van der Waals surface area contributed by atoms with Crippen LogP contribution in [0.2, 0.25) is 0 Å². The number of rotatable bonds is 53. The number of aryl methyl sites for hydroxylation is 2. The summed E-state index contributed by atoms with van der Waals surface area (Å²) in [6.07, 6.45) is 57.6. The van der Waals surface area contributed by atoms with E-state index in [4.69, 9.17) is 8.75 Å². The summed E-state index contributed by atoms with van der Waals surface area (Å²) in [5, 5.41) is 0. The summed E-state index contributed by atoms with van der Waals surface area (Å²) in [7, 11) is 0. The van der Waals surface area contributed by atoms with Crippen LogP contribution in [0.1, 0.15) is 391 Å². The highest BCUT2D eigenvalue weighted by molar-refractivity contribution is 7.26. The average Bonchev–Trinajstić information content (AvgIpc) is 1.55. The number of halogens is 4. The molecule has 0 N–H and O–H groups in total. The zero-order valence-electron chi connectivity index (χ0n) is 64.2. The first kappa shape index (κ1) is 82.4. The Morgan fingerprint density at radius 1 is 0.298 bits per heavy atom. The molecule has 16 heteroatoms. The van der Waals surface area contributed by atoms with Crippen molar-refractivity contribution in [2.45, 2.75) is 373 Å². The van der Waals surface area contributed by atoms with Crippen molar-refractivity contribution in [2.75, 3.05) is 0 Å². The largest absolute Gasteiger partial charge is 0.293 e. The molecule has 570 valence electrons. The van der Waals surface area contributed by atoms with Gasteiger partial charge in [0.25, 0.3) is 0 Å². The van der Waals surface area contributed by atoms with Crippen LogP contribution in [0.15, 0.2) is 24.3 Å². The molecule has 104 heavy (non-hydrogen) atoms. The molecule has 8 aromatic rings. The Kier molecular flexibility index (Phi) is 33.5. The summed E-state index contributed by atoms with van der Waals surface area (Å²) in [4.78, 5) is 37.7. The van der Waals surface area contributed by atoms with Crippen molar-refractivity contribution in [3.05, 3.63) is 80.2 Å². The first-order valence-electron chi connectivity index (χ1n) is 41.7. The molecular weight excluding hydrogens is 1410 g/mol. The molecule has 0 fully saturated rings. The lowest BCUT2D eigenvalue weighted by Gasteiger charge is -2.36. The molecule has 0 unspecified atom stereocenters. The molecule has 0 amide bonds. The van der Waals surface area contributed by atoms with Gasteiger partial charge in [-0.3, -0.25) is 9.59 Å². The monoisotopic (exact) mass is 1530 g/mol. The Hall–Kier alpha value is -4.06. The predicted molar refractivity (Wildman–Crippen MR) is 442 cm³/mol. The van der Waals surface area contributed by atoms with Crippen LogP contribution in [0.3, 0.4) is 0 Å². The first-order valence-corrected chi connectivity index (χ1v) is 46.5. The van der Waals surface area contributed by atoms with Gasteiger partial charge in [0, 0.05) is 46.0 Å². The van der Waals surface area contributed by atoms with Gasteiger partial charge >= 0.3 is 0 Å². The average molecular weight is 1540 g/mol. The van der Waals surface area contributed by atoms with Gasteiger partial charge in [-0.1, -0.05) is 323 Å². The Balaban J connectivity index is 0.980. The van der Waals surface area contributed by atoms with Gasteiger partial charge in [-0.15, -0.1) is 45.3 Å². The van der Waals surface area contributed by atoms with Crippen molar-refractivity contribution >= 4 is 102 Å². The number of thiophene rings is 4. The van der Waals surface area contributed by atoms with E-state index in [1.54, 1.807) is 17.4 Å². The van der Waals surface area contributed by atoms with Crippen LogP contribution in [0.4, 0.5) is 17.6 Å². The Labute approximate surface area is 646 Å². The van der Waals surface area contributed by atoms with E-state index < -0.39 is 34.1 Å². The normalized spacial score (nSPS) is 13.9. The van der Waals surface area contributed by atoms with Crippen LogP contribution in [0.25, 0.3) is 72.9 Å². The third kappa shape index (κ3) is 20.1. The molecule has 6 heterocycles. The van der Waals surface area contributed by atoms with Crippen molar-refractivity contribution in [1.29, 1.82) is 0 Å². The summed E-state index contributed by atoms with van der Waals surface area (Å²) in [6, 6.07) is 7.83. The molecule has 2 aliphatic rings. The van der Waals surface area contributed by atoms with Gasteiger partial charge < -0.3 is 0 Å². The fourth-order valence-corrected chi connectivity index (χ4v) is 23.5. The van der Waals surface area contributed by atoms with Crippen LogP contribution in [-0.2, 0) is 10.8 Å². The van der Waals surface area contributed by atoms with Crippen molar-refractivity contribution in [3.8, 4) is 50.8 Å². The lowest BCUT2D eigenvalue weighted by Crippen LogP contribution is -2.38. The number of fused-ring (bicyclic) bond motifs is 8. The molecule has 0 spiro atoms. The number of benzene rings is 2. The van der Waals surface area contributed by atoms with Gasteiger partial charge in [-0.05, 0) is 74.9 Å². The maximum Gasteiger partial charge on any atom is 0.174 e. The maximum absolute atomic E-state index is 18.3. The summed E-state index contributed by atoms with van der Waals surface area (Å²) in [6.45, 7) is 12.6. The second-order valence-electron chi connectivity index (χ2n) is 31.3. The fourth-order valence-electron chi connectivity index (χ4n) is 17.2. The molecule has 6 aromatic heterocycles. The van der Waals surface area contributed by atoms with Gasteiger partial charge in [0.2, 0.25) is 0 Å². The SMILES string of the molecule is CCCCCCCCCCCCCCCC1(CCCCCCCCCCCCCCC)C(=O)c2cc(C)sc2-c2sc(-c3c(F)c(F)c(-c4cc5c(s4)-c4sc(-c6c(F)c(F)c(C)c7nsnc67)cc4C(CCCCCCCCCCCC)(CCCCCCCCCCCC)C5=O)c4nsnc34)cc21. The van der Waals surface area contributed by atoms with E-state index in [0.717, 1.165) is 150 Å². The van der Waals surface area contributed by atoms with E-state index >= 15 is 27.2 Å². The molecule has 10 rings (SSSR count). The summed E-state index contributed by atoms with van der Waals surface area (Å²) in [5.74, 6) is -3.93. The Morgan fingerprint density at radius 2 is 0.548 bits per heavy atom. The number of aromatic nitrogens is 4. The maximum atomic E-state index is 18.3. The highest BCUT2D eigenvalue weighted by Gasteiger charge is 2.50. The number of carbonyl (C=O) groups is 2. The van der Waals surface area contributed by atoms with Crippen LogP contribution in [0.5, 0.6) is 0 Å². The number of nitrogens with zero attached hydrogens (tertiary/aromatic N) is 4. The molecule has 2 aliphatic carbocycles. The quantitative estimate of drug-likeness (QED) is 0.0279. The van der Waals surface area contributed by atoms with Gasteiger partial charge in [0.05, 0.1) is 60.7 Å². The zero-order valence-corrected chi connectivity index (χ0v) is 69.1. The van der Waals surface area contributed by atoms with E-state index in [1.807, 2.05) is 12.1 Å². The van der Waals surface area contributed by atoms with Gasteiger partial charge in [0.1, 0.15) is 22.1 Å². The van der Waals surface area contributed by atoms with Crippen LogP contribution in [-0.4, -0.2) is 29.1 Å². The van der Waals surface area contributed by atoms with Gasteiger partial charge in [0.15, 0.2) is 34.8 Å². The molecule has 0 saturated heterocycles. The van der Waals surface area contributed by atoms with Crippen molar-refractivity contribution < 1.29 is 27.2 Å². The number of unbranched alkanes of at least 4 members (excludes halogenated alkanes) is 42. The Bertz CT molecular complexity index is 3920. The molecule has 6 nitrogen and oxygen atoms in total. The second-order valence-corrected chi connectivity index (χ2v) is 36.7. The topological polar surface area (TPSA) is 85.7 Å². The molecular formula is C88H122F4N4O2S6. The zero-order chi connectivity index (χ0) is 73.3. The molecule has 0 aliphatic heterocycles. The van der Waals surface area contributed by atoms with Crippen LogP contribution >= 0.6 is 68.8 Å². The van der Waals surface area contributed by atoms with E-state index in [2.05, 4.69) is 49.4 Å². The lowest BCUT2D eigenvalue weighted by molar-refractivity contribution is 0.0848. The van der Waals surface area contributed by atoms with E-state index in [-0.39, 0.29) is 50.4 Å². The van der Waals surface area contributed by atoms with E-state index in [1.165, 1.54) is 246 Å². The highest BCUT2D eigenvalue weighted by Crippen LogP contribution is 2.60. The summed E-state index contributed by atoms with van der Waals surface area (Å²) >= 11 is 7.48. The molecule has 2 aromatic carbocycles. The van der Waals surface area contributed by atoms with Crippen molar-refractivity contribution in [1.82, 2.24) is 17.5 Å². The van der Waals surface area contributed by atoms with Crippen LogP contribution in [0, 0.1) is 37.1 Å². The van der Waals surface area contributed by atoms with Gasteiger partial charge in [-0.2, -0.15) is 17.5 Å². The first-order chi connectivity index (χ1) is 50.8. The molecule has 0 bridgehead atoms. The standard InChI is InChI=1S/C88H122F4N4O2S6/c1-7-11-15-19-23-27-31-33-35-39-43-45-49-53-87(54-50-46-44-40-36-34-32-28-24-20-16-12-8-2)65-59-69(101-83(65)81-63(85(87)97)57-61(5)99-81)72-76(92)75(91)70(79-80(72)96-104-95-79)67-58-64-82(100-67)84-66(60-68(102-84)71-74(90)73(89)62(6)77-78(71)94-103-93-77)88(86(64)98,55-51-47-41-37-29-25-21-17-13-9-3)56-52-48-42-38-30-26-22-18-14-10-4/h57-60H,7-56H2,1-6H3. The molecule has 0 atom stereocenters. The number of hydrogen-bond donors (Lipinski definition) is 0. The predicted octanol–water partition coefficient (Wildman–Crippen LogP) is 31.9. The Morgan fingerprint density at radius 3 is 0.875 bits per heavy atom. The number of ketones is 2. The smallest absolute Gasteiger partial charge is 0.174 e. The van der Waals surface area contributed by atoms with Crippen molar-refractivity contribution in [2.24, 2.45) is 0 Å². The number of carbonyl (C=O) groups excluding carboxylic acids is 2. The minimum atomic E-state index is -1.06. The summed E-state index contributed by atoms with van der Waals surface area (Å²) in [5.41, 5.74) is 2.37. The van der Waals surface area contributed by atoms with E-state index in [9.17, 15) is 0 Å². The fraction of sp³-hybridized carbons (Fsp3) is 0.659. The molecule has 0 saturated carbocycles. The third-order valence-corrected chi connectivity index (χ3v) is 29.2. The van der Waals surface area contributed by atoms with E-state index in [0.29, 0.717) is 56.3 Å². The second kappa shape index (κ2) is 42.2.